The fourth-order valence-corrected chi connectivity index (χ4v) is 2.23. The molecule has 132 valence electrons. The zero-order valence-electron chi connectivity index (χ0n) is 13.8. The first-order chi connectivity index (χ1) is 12.6. The molecule has 3 aromatic rings. The van der Waals surface area contributed by atoms with Crippen LogP contribution in [-0.4, -0.2) is 18.0 Å². The molecule has 0 aliphatic rings. The van der Waals surface area contributed by atoms with Crippen molar-refractivity contribution >= 4 is 23.1 Å². The van der Waals surface area contributed by atoms with Crippen molar-refractivity contribution in [2.75, 3.05) is 17.7 Å². The van der Waals surface area contributed by atoms with Crippen LogP contribution in [0.1, 0.15) is 10.4 Å². The lowest BCUT2D eigenvalue weighted by Crippen LogP contribution is -2.12. The number of halogens is 2. The third-order valence-corrected chi connectivity index (χ3v) is 3.59. The molecular weight excluding hydrogens is 340 g/mol. The van der Waals surface area contributed by atoms with Gasteiger partial charge >= 0.3 is 0 Å². The van der Waals surface area contributed by atoms with Gasteiger partial charge in [-0.05, 0) is 48.5 Å². The van der Waals surface area contributed by atoms with E-state index in [-0.39, 0.29) is 17.4 Å². The molecule has 0 fully saturated rings. The molecule has 1 aromatic heterocycles. The Morgan fingerprint density at radius 3 is 2.27 bits per heavy atom. The van der Waals surface area contributed by atoms with Gasteiger partial charge in [0, 0.05) is 5.56 Å². The third-order valence-electron chi connectivity index (χ3n) is 3.59. The lowest BCUT2D eigenvalue weighted by atomic mass is 10.2. The van der Waals surface area contributed by atoms with Crippen molar-refractivity contribution in [2.45, 2.75) is 0 Å². The molecule has 0 unspecified atom stereocenters. The normalized spacial score (nSPS) is 10.3. The van der Waals surface area contributed by atoms with Gasteiger partial charge in [-0.15, -0.1) is 0 Å². The summed E-state index contributed by atoms with van der Waals surface area (Å²) in [4.78, 5) is 16.2. The van der Waals surface area contributed by atoms with E-state index in [1.165, 1.54) is 18.3 Å². The zero-order valence-corrected chi connectivity index (χ0v) is 13.8. The number of ether oxygens (including phenoxy) is 1. The number of aromatic nitrogens is 1. The number of amides is 1. The van der Waals surface area contributed by atoms with E-state index >= 15 is 0 Å². The minimum absolute atomic E-state index is 0.247. The molecule has 0 saturated heterocycles. The first-order valence-corrected chi connectivity index (χ1v) is 7.69. The Bertz CT molecular complexity index is 893. The summed E-state index contributed by atoms with van der Waals surface area (Å²) in [7, 11) is 1.55. The first-order valence-electron chi connectivity index (χ1n) is 7.69. The number of hydrogen-bond acceptors (Lipinski definition) is 4. The lowest BCUT2D eigenvalue weighted by Gasteiger charge is -2.09. The number of rotatable bonds is 5. The number of carbonyl (C=O) groups is 1. The summed E-state index contributed by atoms with van der Waals surface area (Å²) in [5.74, 6) is -0.849. The highest BCUT2D eigenvalue weighted by Crippen LogP contribution is 2.22. The Balaban J connectivity index is 1.68. The van der Waals surface area contributed by atoms with Crippen molar-refractivity contribution in [3.8, 4) is 5.75 Å². The van der Waals surface area contributed by atoms with Crippen LogP contribution >= 0.6 is 0 Å². The Hall–Kier alpha value is -3.48. The fraction of sp³-hybridized carbons (Fsp3) is 0.0526. The Labute approximate surface area is 148 Å². The van der Waals surface area contributed by atoms with E-state index in [9.17, 15) is 13.6 Å². The summed E-state index contributed by atoms with van der Waals surface area (Å²) >= 11 is 0. The molecule has 0 atom stereocenters. The smallest absolute Gasteiger partial charge is 0.255 e. The van der Waals surface area contributed by atoms with Crippen LogP contribution in [0.15, 0.2) is 60.8 Å². The highest BCUT2D eigenvalue weighted by Gasteiger charge is 2.10. The van der Waals surface area contributed by atoms with E-state index in [4.69, 9.17) is 4.74 Å². The number of hydrogen-bond donors (Lipinski definition) is 2. The summed E-state index contributed by atoms with van der Waals surface area (Å²) < 4.78 is 32.3. The van der Waals surface area contributed by atoms with Gasteiger partial charge < -0.3 is 15.4 Å². The number of nitrogens with one attached hydrogen (secondary N) is 2. The monoisotopic (exact) mass is 355 g/mol. The second-order valence-electron chi connectivity index (χ2n) is 5.34. The van der Waals surface area contributed by atoms with Gasteiger partial charge in [0.2, 0.25) is 0 Å². The fourth-order valence-electron chi connectivity index (χ4n) is 2.23. The van der Waals surface area contributed by atoms with Gasteiger partial charge in [-0.3, -0.25) is 4.79 Å². The molecule has 1 amide bonds. The maximum absolute atomic E-state index is 13.6. The largest absolute Gasteiger partial charge is 0.497 e. The average molecular weight is 355 g/mol. The molecule has 2 N–H and O–H groups in total. The molecule has 5 nitrogen and oxygen atoms in total. The van der Waals surface area contributed by atoms with E-state index in [0.717, 1.165) is 12.1 Å². The maximum atomic E-state index is 13.6. The van der Waals surface area contributed by atoms with Gasteiger partial charge in [-0.1, -0.05) is 6.07 Å². The molecule has 0 bridgehead atoms. The molecule has 0 radical (unpaired) electrons. The average Bonchev–Trinajstić information content (AvgIpc) is 2.66. The van der Waals surface area contributed by atoms with Crippen LogP contribution in [0.5, 0.6) is 5.75 Å². The molecule has 0 aliphatic heterocycles. The number of pyridine rings is 1. The van der Waals surface area contributed by atoms with Crippen molar-refractivity contribution in [1.29, 1.82) is 0 Å². The van der Waals surface area contributed by atoms with Crippen molar-refractivity contribution < 1.29 is 18.3 Å². The van der Waals surface area contributed by atoms with Gasteiger partial charge in [0.1, 0.15) is 28.9 Å². The Morgan fingerprint density at radius 2 is 1.69 bits per heavy atom. The highest BCUT2D eigenvalue weighted by atomic mass is 19.1. The number of methoxy groups -OCH3 is 1. The van der Waals surface area contributed by atoms with Crippen molar-refractivity contribution in [3.05, 3.63) is 78.0 Å². The molecule has 7 heteroatoms. The molecule has 0 aliphatic carbocycles. The highest BCUT2D eigenvalue weighted by molar-refractivity contribution is 6.04. The zero-order chi connectivity index (χ0) is 18.5. The second kappa shape index (κ2) is 7.60. The first kappa shape index (κ1) is 17.3. The second-order valence-corrected chi connectivity index (χ2v) is 5.34. The molecule has 1 heterocycles. The van der Waals surface area contributed by atoms with E-state index in [1.807, 2.05) is 0 Å². The van der Waals surface area contributed by atoms with Crippen LogP contribution in [0.25, 0.3) is 0 Å². The quantitative estimate of drug-likeness (QED) is 0.714. The minimum Gasteiger partial charge on any atom is -0.497 e. The van der Waals surface area contributed by atoms with Gasteiger partial charge in [-0.25, -0.2) is 13.8 Å². The van der Waals surface area contributed by atoms with E-state index in [2.05, 4.69) is 15.6 Å². The van der Waals surface area contributed by atoms with Crippen LogP contribution in [0.4, 0.5) is 26.0 Å². The molecule has 3 rings (SSSR count). The molecular formula is C19H15F2N3O2. The number of carbonyl (C=O) groups excluding carboxylic acids is 1. The Kier molecular flexibility index (Phi) is 5.07. The number of para-hydroxylation sites is 1. The standard InChI is InChI=1S/C19H15F2N3O2/c1-26-14-8-5-12(6-9-14)19(25)23-13-7-10-17(22-11-13)24-18-15(20)3-2-4-16(18)21/h2-11H,1H3,(H,22,24)(H,23,25). The third kappa shape index (κ3) is 3.94. The van der Waals surface area contributed by atoms with Crippen LogP contribution in [0.3, 0.4) is 0 Å². The minimum atomic E-state index is -0.719. The predicted molar refractivity (Wildman–Crippen MR) is 94.8 cm³/mol. The van der Waals surface area contributed by atoms with Gasteiger partial charge in [0.25, 0.3) is 5.91 Å². The summed E-state index contributed by atoms with van der Waals surface area (Å²) in [6, 6.07) is 13.3. The van der Waals surface area contributed by atoms with Crippen LogP contribution in [-0.2, 0) is 0 Å². The molecule has 0 saturated carbocycles. The van der Waals surface area contributed by atoms with E-state index in [1.54, 1.807) is 37.4 Å². The predicted octanol–water partition coefficient (Wildman–Crippen LogP) is 4.36. The van der Waals surface area contributed by atoms with E-state index in [0.29, 0.717) is 17.0 Å². The lowest BCUT2D eigenvalue weighted by molar-refractivity contribution is 0.102. The van der Waals surface area contributed by atoms with Crippen molar-refractivity contribution in [2.24, 2.45) is 0 Å². The number of anilines is 3. The summed E-state index contributed by atoms with van der Waals surface area (Å²) in [5, 5.41) is 5.27. The van der Waals surface area contributed by atoms with Gasteiger partial charge in [0.15, 0.2) is 0 Å². The van der Waals surface area contributed by atoms with Crippen molar-refractivity contribution in [1.82, 2.24) is 4.98 Å². The van der Waals surface area contributed by atoms with Gasteiger partial charge in [0.05, 0.1) is 19.0 Å². The van der Waals surface area contributed by atoms with Gasteiger partial charge in [-0.2, -0.15) is 0 Å². The summed E-state index contributed by atoms with van der Waals surface area (Å²) in [6.45, 7) is 0. The molecule has 2 aromatic carbocycles. The van der Waals surface area contributed by atoms with Crippen LogP contribution < -0.4 is 15.4 Å². The molecule has 0 spiro atoms. The van der Waals surface area contributed by atoms with Crippen LogP contribution in [0.2, 0.25) is 0 Å². The Morgan fingerprint density at radius 1 is 1.00 bits per heavy atom. The van der Waals surface area contributed by atoms with Crippen LogP contribution in [0, 0.1) is 11.6 Å². The molecule has 26 heavy (non-hydrogen) atoms. The summed E-state index contributed by atoms with van der Waals surface area (Å²) in [5.41, 5.74) is 0.627. The van der Waals surface area contributed by atoms with E-state index < -0.39 is 11.6 Å². The van der Waals surface area contributed by atoms with Crippen molar-refractivity contribution in [3.63, 3.8) is 0 Å². The SMILES string of the molecule is COc1ccc(C(=O)Nc2ccc(Nc3c(F)cccc3F)nc2)cc1. The number of benzene rings is 2. The topological polar surface area (TPSA) is 63.2 Å². The maximum Gasteiger partial charge on any atom is 0.255 e. The summed E-state index contributed by atoms with van der Waals surface area (Å²) in [6.07, 6.45) is 1.39. The number of nitrogens with zero attached hydrogens (tertiary/aromatic N) is 1.